The maximum Gasteiger partial charge on any atom is 0.0823 e. The van der Waals surface area contributed by atoms with E-state index in [4.69, 9.17) is 5.11 Å². The van der Waals surface area contributed by atoms with Crippen LogP contribution in [0.5, 0.6) is 0 Å². The lowest BCUT2D eigenvalue weighted by Gasteiger charge is -2.27. The van der Waals surface area contributed by atoms with Gasteiger partial charge in [-0.25, -0.2) is 0 Å². The Balaban J connectivity index is 4.17. The highest BCUT2D eigenvalue weighted by Gasteiger charge is 2.25. The molecule has 0 aliphatic carbocycles. The van der Waals surface area contributed by atoms with E-state index in [1.807, 2.05) is 20.8 Å². The van der Waals surface area contributed by atoms with Crippen LogP contribution in [0, 0.1) is 11.8 Å². The van der Waals surface area contributed by atoms with Gasteiger partial charge in [-0.05, 0) is 18.8 Å². The van der Waals surface area contributed by atoms with Gasteiger partial charge in [0.25, 0.3) is 0 Å². The zero-order chi connectivity index (χ0) is 10.4. The molecule has 3 nitrogen and oxygen atoms in total. The van der Waals surface area contributed by atoms with E-state index >= 15 is 0 Å². The van der Waals surface area contributed by atoms with Crippen LogP contribution in [-0.2, 0) is 0 Å². The van der Waals surface area contributed by atoms with Crippen LogP contribution in [0.4, 0.5) is 0 Å². The molecule has 0 fully saturated rings. The summed E-state index contributed by atoms with van der Waals surface area (Å²) in [5.41, 5.74) is 0. The second kappa shape index (κ2) is 6.35. The van der Waals surface area contributed by atoms with Crippen molar-refractivity contribution in [3.8, 4) is 0 Å². The summed E-state index contributed by atoms with van der Waals surface area (Å²) < 4.78 is 0. The summed E-state index contributed by atoms with van der Waals surface area (Å²) in [5, 5.41) is 27.9. The topological polar surface area (TPSA) is 60.7 Å². The molecule has 0 aromatic heterocycles. The van der Waals surface area contributed by atoms with Crippen LogP contribution in [-0.4, -0.2) is 34.1 Å². The van der Waals surface area contributed by atoms with E-state index in [1.165, 1.54) is 0 Å². The van der Waals surface area contributed by atoms with Crippen molar-refractivity contribution in [2.75, 3.05) is 6.61 Å². The molecular weight excluding hydrogens is 168 g/mol. The number of hydrogen-bond donors (Lipinski definition) is 3. The molecule has 3 N–H and O–H groups in total. The molecule has 0 radical (unpaired) electrons. The van der Waals surface area contributed by atoms with Crippen molar-refractivity contribution in [1.29, 1.82) is 0 Å². The first-order valence-corrected chi connectivity index (χ1v) is 4.99. The summed E-state index contributed by atoms with van der Waals surface area (Å²) in [7, 11) is 0. The quantitative estimate of drug-likeness (QED) is 0.580. The van der Waals surface area contributed by atoms with E-state index in [0.29, 0.717) is 12.3 Å². The minimum absolute atomic E-state index is 0.199. The standard InChI is InChI=1S/C10H22O3/c1-4-9(12)8(5-7(2)3)10(13)6-11/h7-13H,4-6H2,1-3H3. The maximum absolute atomic E-state index is 9.60. The molecular formula is C10H22O3. The second-order valence-corrected chi connectivity index (χ2v) is 4.02. The fourth-order valence-corrected chi connectivity index (χ4v) is 1.55. The van der Waals surface area contributed by atoms with Gasteiger partial charge in [-0.1, -0.05) is 20.8 Å². The SMILES string of the molecule is CCC(O)C(CC(C)C)C(O)CO. The highest BCUT2D eigenvalue weighted by Crippen LogP contribution is 2.21. The number of aliphatic hydroxyl groups excluding tert-OH is 3. The van der Waals surface area contributed by atoms with Crippen LogP contribution in [0.1, 0.15) is 33.6 Å². The summed E-state index contributed by atoms with van der Waals surface area (Å²) in [6.45, 7) is 5.69. The van der Waals surface area contributed by atoms with E-state index in [1.54, 1.807) is 0 Å². The van der Waals surface area contributed by atoms with E-state index in [9.17, 15) is 10.2 Å². The largest absolute Gasteiger partial charge is 0.394 e. The Hall–Kier alpha value is -0.120. The molecule has 0 heterocycles. The highest BCUT2D eigenvalue weighted by molar-refractivity contribution is 4.76. The van der Waals surface area contributed by atoms with Crippen molar-refractivity contribution < 1.29 is 15.3 Å². The molecule has 3 atom stereocenters. The molecule has 0 aromatic carbocycles. The van der Waals surface area contributed by atoms with Gasteiger partial charge in [-0.15, -0.1) is 0 Å². The normalized spacial score (nSPS) is 18.7. The third-order valence-corrected chi connectivity index (χ3v) is 2.34. The Morgan fingerprint density at radius 1 is 1.08 bits per heavy atom. The van der Waals surface area contributed by atoms with Crippen LogP contribution in [0.3, 0.4) is 0 Å². The average molecular weight is 190 g/mol. The van der Waals surface area contributed by atoms with Gasteiger partial charge in [-0.3, -0.25) is 0 Å². The average Bonchev–Trinajstić information content (AvgIpc) is 2.11. The summed E-state index contributed by atoms with van der Waals surface area (Å²) in [6.07, 6.45) is 0.0625. The molecule has 0 bridgehead atoms. The van der Waals surface area contributed by atoms with Gasteiger partial charge < -0.3 is 15.3 Å². The predicted octanol–water partition coefficient (Wildman–Crippen LogP) is 0.773. The third-order valence-electron chi connectivity index (χ3n) is 2.34. The minimum Gasteiger partial charge on any atom is -0.394 e. The van der Waals surface area contributed by atoms with Crippen LogP contribution in [0.15, 0.2) is 0 Å². The molecule has 0 aliphatic rings. The van der Waals surface area contributed by atoms with Crippen LogP contribution in [0.25, 0.3) is 0 Å². The third kappa shape index (κ3) is 4.60. The Morgan fingerprint density at radius 2 is 1.62 bits per heavy atom. The molecule has 0 amide bonds. The van der Waals surface area contributed by atoms with Crippen LogP contribution in [0.2, 0.25) is 0 Å². The van der Waals surface area contributed by atoms with Gasteiger partial charge in [-0.2, -0.15) is 0 Å². The predicted molar refractivity (Wildman–Crippen MR) is 52.3 cm³/mol. The van der Waals surface area contributed by atoms with Gasteiger partial charge in [0.1, 0.15) is 0 Å². The smallest absolute Gasteiger partial charge is 0.0823 e. The van der Waals surface area contributed by atoms with Crippen LogP contribution >= 0.6 is 0 Å². The molecule has 80 valence electrons. The fourth-order valence-electron chi connectivity index (χ4n) is 1.55. The van der Waals surface area contributed by atoms with Crippen molar-refractivity contribution in [3.05, 3.63) is 0 Å². The summed E-state index contributed by atoms with van der Waals surface area (Å²) in [4.78, 5) is 0. The fraction of sp³-hybridized carbons (Fsp3) is 1.00. The Bertz CT molecular complexity index is 115. The Kier molecular flexibility index (Phi) is 6.29. The summed E-state index contributed by atoms with van der Waals surface area (Å²) in [5.74, 6) is 0.224. The van der Waals surface area contributed by atoms with E-state index in [0.717, 1.165) is 6.42 Å². The molecule has 13 heavy (non-hydrogen) atoms. The van der Waals surface area contributed by atoms with E-state index in [2.05, 4.69) is 0 Å². The van der Waals surface area contributed by atoms with Crippen molar-refractivity contribution in [2.24, 2.45) is 11.8 Å². The maximum atomic E-state index is 9.60. The minimum atomic E-state index is -0.794. The van der Waals surface area contributed by atoms with Crippen molar-refractivity contribution in [3.63, 3.8) is 0 Å². The summed E-state index contributed by atoms with van der Waals surface area (Å²) in [6, 6.07) is 0. The summed E-state index contributed by atoms with van der Waals surface area (Å²) >= 11 is 0. The monoisotopic (exact) mass is 190 g/mol. The lowest BCUT2D eigenvalue weighted by Crippen LogP contribution is -2.34. The number of hydrogen-bond acceptors (Lipinski definition) is 3. The highest BCUT2D eigenvalue weighted by atomic mass is 16.3. The second-order valence-electron chi connectivity index (χ2n) is 4.02. The lowest BCUT2D eigenvalue weighted by molar-refractivity contribution is -0.0257. The molecule has 3 unspecified atom stereocenters. The van der Waals surface area contributed by atoms with E-state index in [-0.39, 0.29) is 12.5 Å². The lowest BCUT2D eigenvalue weighted by atomic mass is 9.86. The molecule has 0 spiro atoms. The Morgan fingerprint density at radius 3 is 1.92 bits per heavy atom. The van der Waals surface area contributed by atoms with Crippen molar-refractivity contribution >= 4 is 0 Å². The number of rotatable bonds is 6. The molecule has 0 saturated heterocycles. The Labute approximate surface area is 80.4 Å². The molecule has 0 aliphatic heterocycles. The first kappa shape index (κ1) is 12.9. The number of aliphatic hydroxyl groups is 3. The van der Waals surface area contributed by atoms with E-state index < -0.39 is 12.2 Å². The first-order valence-electron chi connectivity index (χ1n) is 4.99. The zero-order valence-electron chi connectivity index (χ0n) is 8.77. The molecule has 3 heteroatoms. The molecule has 0 rings (SSSR count). The first-order chi connectivity index (χ1) is 6.02. The van der Waals surface area contributed by atoms with Crippen molar-refractivity contribution in [2.45, 2.75) is 45.8 Å². The molecule has 0 aromatic rings. The van der Waals surface area contributed by atoms with Gasteiger partial charge in [0.2, 0.25) is 0 Å². The van der Waals surface area contributed by atoms with Gasteiger partial charge in [0, 0.05) is 5.92 Å². The van der Waals surface area contributed by atoms with Gasteiger partial charge >= 0.3 is 0 Å². The zero-order valence-corrected chi connectivity index (χ0v) is 8.77. The molecule has 0 saturated carbocycles. The van der Waals surface area contributed by atoms with Gasteiger partial charge in [0.05, 0.1) is 18.8 Å². The van der Waals surface area contributed by atoms with Crippen molar-refractivity contribution in [1.82, 2.24) is 0 Å². The van der Waals surface area contributed by atoms with Crippen LogP contribution < -0.4 is 0 Å². The van der Waals surface area contributed by atoms with Gasteiger partial charge in [0.15, 0.2) is 0 Å².